The van der Waals surface area contributed by atoms with Crippen LogP contribution < -0.4 is 4.74 Å². The third kappa shape index (κ3) is 4.35. The van der Waals surface area contributed by atoms with Crippen LogP contribution in [0, 0.1) is 28.6 Å². The van der Waals surface area contributed by atoms with Crippen LogP contribution in [0.2, 0.25) is 0 Å². The number of rotatable bonds is 6. The molecule has 4 nitrogen and oxygen atoms in total. The lowest BCUT2D eigenvalue weighted by Crippen LogP contribution is -2.14. The van der Waals surface area contributed by atoms with E-state index in [1.165, 1.54) is 6.08 Å². The minimum Gasteiger partial charge on any atom is -0.457 e. The molecule has 1 fully saturated rings. The molecule has 1 saturated carbocycles. The summed E-state index contributed by atoms with van der Waals surface area (Å²) in [5, 5.41) is 8.64. The molecule has 0 aliphatic heterocycles. The average Bonchev–Trinajstić information content (AvgIpc) is 3.20. The number of para-hydroxylation sites is 1. The Kier molecular flexibility index (Phi) is 5.71. The van der Waals surface area contributed by atoms with Crippen molar-refractivity contribution in [1.29, 1.82) is 5.26 Å². The minimum absolute atomic E-state index is 0.357. The van der Waals surface area contributed by atoms with Crippen molar-refractivity contribution in [3.8, 4) is 17.6 Å². The van der Waals surface area contributed by atoms with Crippen LogP contribution in [0.4, 0.5) is 4.39 Å². The summed E-state index contributed by atoms with van der Waals surface area (Å²) >= 11 is 5.30. The van der Waals surface area contributed by atoms with E-state index in [0.29, 0.717) is 17.1 Å². The Morgan fingerprint density at radius 3 is 2.54 bits per heavy atom. The van der Waals surface area contributed by atoms with Crippen molar-refractivity contribution < 1.29 is 18.7 Å². The van der Waals surface area contributed by atoms with Crippen molar-refractivity contribution >= 4 is 17.6 Å². The number of esters is 1. The molecule has 0 bridgehead atoms. The molecule has 0 spiro atoms. The summed E-state index contributed by atoms with van der Waals surface area (Å²) in [4.78, 5) is 12.5. The van der Waals surface area contributed by atoms with Gasteiger partial charge in [0.1, 0.15) is 17.6 Å². The first-order valence-corrected chi connectivity index (χ1v) is 9.16. The lowest BCUT2D eigenvalue weighted by Gasteiger charge is -2.13. The van der Waals surface area contributed by atoms with Gasteiger partial charge in [-0.2, -0.15) is 9.65 Å². The van der Waals surface area contributed by atoms with E-state index in [0.717, 1.165) is 0 Å². The fourth-order valence-corrected chi connectivity index (χ4v) is 3.43. The van der Waals surface area contributed by atoms with Gasteiger partial charge in [0.15, 0.2) is 5.29 Å². The Morgan fingerprint density at radius 2 is 1.89 bits per heavy atom. The van der Waals surface area contributed by atoms with E-state index in [9.17, 15) is 14.4 Å². The van der Waals surface area contributed by atoms with Crippen molar-refractivity contribution in [1.82, 2.24) is 0 Å². The summed E-state index contributed by atoms with van der Waals surface area (Å²) in [6.07, 6.45) is 0.122. The van der Waals surface area contributed by atoms with Gasteiger partial charge in [0.2, 0.25) is 6.10 Å². The molecule has 3 rings (SSSR count). The zero-order chi connectivity index (χ0) is 20.3. The maximum atomic E-state index is 13.0. The topological polar surface area (TPSA) is 59.3 Å². The van der Waals surface area contributed by atoms with E-state index in [1.807, 2.05) is 50.2 Å². The van der Waals surface area contributed by atoms with Gasteiger partial charge in [0, 0.05) is 11.5 Å². The van der Waals surface area contributed by atoms with E-state index < -0.39 is 28.7 Å². The zero-order valence-electron chi connectivity index (χ0n) is 15.4. The quantitative estimate of drug-likeness (QED) is 0.566. The highest BCUT2D eigenvalue weighted by Crippen LogP contribution is 2.60. The Balaban J connectivity index is 1.72. The number of nitriles is 1. The van der Waals surface area contributed by atoms with Gasteiger partial charge in [-0.3, -0.25) is 4.79 Å². The van der Waals surface area contributed by atoms with E-state index in [2.05, 4.69) is 0 Å². The zero-order valence-corrected chi connectivity index (χ0v) is 16.2. The highest BCUT2D eigenvalue weighted by molar-refractivity contribution is 6.28. The predicted octanol–water partition coefficient (Wildman–Crippen LogP) is 5.91. The minimum atomic E-state index is -1.09. The molecule has 0 radical (unpaired) electrons. The van der Waals surface area contributed by atoms with Gasteiger partial charge < -0.3 is 9.47 Å². The highest BCUT2D eigenvalue weighted by Gasteiger charge is 2.62. The lowest BCUT2D eigenvalue weighted by molar-refractivity contribution is -0.149. The third-order valence-electron chi connectivity index (χ3n) is 4.96. The van der Waals surface area contributed by atoms with Gasteiger partial charge in [-0.25, -0.2) is 0 Å². The molecule has 2 aromatic rings. The number of carbonyl (C=O) groups excluding carboxylic acids is 1. The summed E-state index contributed by atoms with van der Waals surface area (Å²) in [7, 11) is 0. The van der Waals surface area contributed by atoms with E-state index >= 15 is 0 Å². The molecule has 0 aromatic heterocycles. The van der Waals surface area contributed by atoms with Gasteiger partial charge in [-0.05, 0) is 35.8 Å². The number of hydrogen-bond donors (Lipinski definition) is 0. The first-order chi connectivity index (χ1) is 13.3. The molecular weight excluding hydrogens is 381 g/mol. The van der Waals surface area contributed by atoms with E-state index in [-0.39, 0.29) is 5.92 Å². The SMILES string of the molecule is CC1(C)C(/C=C(/F)Cl)C1C(=O)OC(C#N)c1cccc(Oc2ccccc2)c1. The van der Waals surface area contributed by atoms with Gasteiger partial charge in [0.05, 0.1) is 5.92 Å². The molecular formula is C22H19ClFNO3. The molecule has 3 atom stereocenters. The summed E-state index contributed by atoms with van der Waals surface area (Å²) < 4.78 is 24.2. The van der Waals surface area contributed by atoms with Crippen molar-refractivity contribution in [2.75, 3.05) is 0 Å². The molecule has 1 aliphatic rings. The van der Waals surface area contributed by atoms with Crippen LogP contribution >= 0.6 is 11.6 Å². The van der Waals surface area contributed by atoms with Crippen LogP contribution in [0.5, 0.6) is 11.5 Å². The third-order valence-corrected chi connectivity index (χ3v) is 5.09. The maximum absolute atomic E-state index is 13.0. The van der Waals surface area contributed by atoms with Gasteiger partial charge >= 0.3 is 5.97 Å². The first-order valence-electron chi connectivity index (χ1n) is 8.78. The first kappa shape index (κ1) is 19.9. The molecule has 1 aliphatic carbocycles. The largest absolute Gasteiger partial charge is 0.457 e. The molecule has 0 amide bonds. The van der Waals surface area contributed by atoms with Crippen molar-refractivity contribution in [3.63, 3.8) is 0 Å². The van der Waals surface area contributed by atoms with E-state index in [1.54, 1.807) is 24.3 Å². The van der Waals surface area contributed by atoms with E-state index in [4.69, 9.17) is 21.1 Å². The number of hydrogen-bond acceptors (Lipinski definition) is 4. The van der Waals surface area contributed by atoms with Crippen LogP contribution in [0.25, 0.3) is 0 Å². The van der Waals surface area contributed by atoms with Crippen LogP contribution in [-0.2, 0) is 9.53 Å². The standard InChI is InChI=1S/C22H19ClFNO3/c1-22(2)17(12-19(23)24)20(22)21(26)28-18(13-25)14-7-6-10-16(11-14)27-15-8-4-3-5-9-15/h3-12,17-18,20H,1-2H3/b19-12+. The van der Waals surface area contributed by atoms with Crippen LogP contribution in [-0.4, -0.2) is 5.97 Å². The Bertz CT molecular complexity index is 932. The van der Waals surface area contributed by atoms with Crippen molar-refractivity contribution in [3.05, 3.63) is 71.5 Å². The molecule has 0 N–H and O–H groups in total. The fourth-order valence-electron chi connectivity index (χ4n) is 3.30. The number of carbonyl (C=O) groups is 1. The number of nitrogens with zero attached hydrogens (tertiary/aromatic N) is 1. The Hall–Kier alpha value is -2.84. The van der Waals surface area contributed by atoms with Crippen LogP contribution in [0.3, 0.4) is 0 Å². The van der Waals surface area contributed by atoms with Crippen LogP contribution in [0.1, 0.15) is 25.5 Å². The average molecular weight is 400 g/mol. The normalized spacial score (nSPS) is 21.3. The number of allylic oxidation sites excluding steroid dienone is 1. The molecule has 0 heterocycles. The smallest absolute Gasteiger partial charge is 0.311 e. The monoisotopic (exact) mass is 399 g/mol. The van der Waals surface area contributed by atoms with Crippen LogP contribution in [0.15, 0.2) is 66.0 Å². The summed E-state index contributed by atoms with van der Waals surface area (Å²) in [5.74, 6) is -0.273. The Labute approximate surface area is 168 Å². The van der Waals surface area contributed by atoms with Crippen molar-refractivity contribution in [2.24, 2.45) is 17.3 Å². The molecule has 6 heteroatoms. The molecule has 2 aromatic carbocycles. The molecule has 0 saturated heterocycles. The second-order valence-electron chi connectivity index (χ2n) is 7.21. The number of halogens is 2. The molecule has 3 unspecified atom stereocenters. The highest BCUT2D eigenvalue weighted by atomic mass is 35.5. The van der Waals surface area contributed by atoms with Gasteiger partial charge in [0.25, 0.3) is 0 Å². The maximum Gasteiger partial charge on any atom is 0.311 e. The lowest BCUT2D eigenvalue weighted by atomic mass is 10.1. The van der Waals surface area contributed by atoms with Gasteiger partial charge in [-0.15, -0.1) is 0 Å². The summed E-state index contributed by atoms with van der Waals surface area (Å²) in [6.45, 7) is 3.66. The summed E-state index contributed by atoms with van der Waals surface area (Å²) in [6, 6.07) is 18.0. The molecule has 28 heavy (non-hydrogen) atoms. The van der Waals surface area contributed by atoms with Gasteiger partial charge in [-0.1, -0.05) is 55.8 Å². The number of benzene rings is 2. The second kappa shape index (κ2) is 8.04. The fraction of sp³-hybridized carbons (Fsp3) is 0.273. The summed E-state index contributed by atoms with van der Waals surface area (Å²) in [5.41, 5.74) is 0.0278. The second-order valence-corrected chi connectivity index (χ2v) is 7.58. The van der Waals surface area contributed by atoms with Crippen molar-refractivity contribution in [2.45, 2.75) is 20.0 Å². The predicted molar refractivity (Wildman–Crippen MR) is 103 cm³/mol. The Morgan fingerprint density at radius 1 is 1.21 bits per heavy atom. The number of ether oxygens (including phenoxy) is 2. The molecule has 144 valence electrons.